The van der Waals surface area contributed by atoms with Crippen molar-refractivity contribution < 1.29 is 61.9 Å². The van der Waals surface area contributed by atoms with Crippen molar-refractivity contribution in [3.05, 3.63) is 12.1 Å². The van der Waals surface area contributed by atoms with Gasteiger partial charge in [0.15, 0.2) is 6.10 Å². The third-order valence-electron chi connectivity index (χ3n) is 7.41. The zero-order valence-corrected chi connectivity index (χ0v) is 30.3. The number of phosphoric ester groups is 1. The molecule has 1 aromatic heterocycles. The number of quaternary nitrogens is 1. The molecular weight excluding hydrogens is 647 g/mol. The Kier molecular flexibility index (Phi) is 22.1. The SMILES string of the molecule is CCCCCCCCCCCCCCCC(=O)OCC(COP(=O)(O)OCC[N+](C)(C)C)OC(=O)CCCC(=O)On1c(O)ccc1O. The normalized spacial score (nSPS) is 13.5. The molecule has 0 aliphatic carbocycles. The molecule has 0 radical (unpaired) electrons. The zero-order valence-electron chi connectivity index (χ0n) is 29.4. The van der Waals surface area contributed by atoms with E-state index in [0.717, 1.165) is 31.4 Å². The summed E-state index contributed by atoms with van der Waals surface area (Å²) >= 11 is 0. The first-order valence-electron chi connectivity index (χ1n) is 17.3. The van der Waals surface area contributed by atoms with Gasteiger partial charge in [-0.2, -0.15) is 0 Å². The lowest BCUT2D eigenvalue weighted by Gasteiger charge is -2.24. The molecule has 3 N–H and O–H groups in total. The van der Waals surface area contributed by atoms with Gasteiger partial charge in [-0.1, -0.05) is 84.0 Å². The van der Waals surface area contributed by atoms with Crippen molar-refractivity contribution in [2.45, 2.75) is 122 Å². The molecule has 0 bridgehead atoms. The molecule has 278 valence electrons. The van der Waals surface area contributed by atoms with Gasteiger partial charge in [0.05, 0.1) is 27.7 Å². The van der Waals surface area contributed by atoms with Crippen molar-refractivity contribution in [3.63, 3.8) is 0 Å². The fraction of sp³-hybridized carbons (Fsp3) is 0.788. The average Bonchev–Trinajstić information content (AvgIpc) is 3.32. The summed E-state index contributed by atoms with van der Waals surface area (Å²) in [6.07, 6.45) is 13.9. The fourth-order valence-electron chi connectivity index (χ4n) is 4.57. The Labute approximate surface area is 285 Å². The summed E-state index contributed by atoms with van der Waals surface area (Å²) in [7, 11) is 1.19. The van der Waals surface area contributed by atoms with Crippen molar-refractivity contribution in [1.82, 2.24) is 4.73 Å². The highest BCUT2D eigenvalue weighted by Gasteiger charge is 2.27. The molecule has 1 aromatic rings. The van der Waals surface area contributed by atoms with Gasteiger partial charge >= 0.3 is 25.7 Å². The van der Waals surface area contributed by atoms with E-state index in [-0.39, 0.29) is 32.3 Å². The van der Waals surface area contributed by atoms with Crippen molar-refractivity contribution in [2.75, 3.05) is 47.5 Å². The molecule has 0 aromatic carbocycles. The molecule has 0 spiro atoms. The van der Waals surface area contributed by atoms with Crippen LogP contribution in [0.15, 0.2) is 12.1 Å². The number of likely N-dealkylation sites (N-methyl/N-ethyl adjacent to an activating group) is 1. The molecule has 2 unspecified atom stereocenters. The third-order valence-corrected chi connectivity index (χ3v) is 8.39. The molecule has 0 saturated heterocycles. The summed E-state index contributed by atoms with van der Waals surface area (Å²) < 4.78 is 34.1. The number of carbonyl (C=O) groups excluding carboxylic acids is 3. The van der Waals surface area contributed by atoms with Crippen LogP contribution in [0.5, 0.6) is 11.8 Å². The lowest BCUT2D eigenvalue weighted by atomic mass is 10.0. The van der Waals surface area contributed by atoms with Gasteiger partial charge in [0.25, 0.3) is 0 Å². The van der Waals surface area contributed by atoms with E-state index in [4.69, 9.17) is 23.4 Å². The number of ether oxygens (including phenoxy) is 2. The van der Waals surface area contributed by atoms with Crippen LogP contribution in [0, 0.1) is 0 Å². The van der Waals surface area contributed by atoms with Crippen LogP contribution in [-0.4, -0.2) is 95.8 Å². The van der Waals surface area contributed by atoms with E-state index in [0.29, 0.717) is 22.2 Å². The van der Waals surface area contributed by atoms with Crippen LogP contribution < -0.4 is 4.84 Å². The number of nitrogens with zero attached hydrogens (tertiary/aromatic N) is 2. The van der Waals surface area contributed by atoms with Gasteiger partial charge in [0.1, 0.15) is 19.8 Å². The molecule has 0 saturated carbocycles. The standard InChI is InChI=1S/C33H59N2O12P/c1-5-6-7-8-9-10-11-12-13-14-15-16-17-19-31(38)43-26-28(27-45-48(41,42)44-25-24-35(2,3)4)46-32(39)20-18-21-33(40)47-34-29(36)22-23-30(34)37/h22-23,28H,5-21,24-27H2,1-4H3,(H2-,36,37,41,42)/p+1. The molecule has 1 heterocycles. The van der Waals surface area contributed by atoms with Crippen LogP contribution in [0.4, 0.5) is 0 Å². The highest BCUT2D eigenvalue weighted by molar-refractivity contribution is 7.47. The second kappa shape index (κ2) is 24.5. The summed E-state index contributed by atoms with van der Waals surface area (Å²) in [4.78, 5) is 51.8. The van der Waals surface area contributed by atoms with Crippen molar-refractivity contribution in [3.8, 4) is 11.8 Å². The number of phosphoric acid groups is 1. The van der Waals surface area contributed by atoms with E-state index < -0.39 is 56.8 Å². The van der Waals surface area contributed by atoms with Crippen LogP contribution in [0.25, 0.3) is 0 Å². The second-order valence-corrected chi connectivity index (χ2v) is 14.5. The molecular formula is C33H60N2O12P+. The predicted molar refractivity (Wildman–Crippen MR) is 179 cm³/mol. The number of carbonyl (C=O) groups is 3. The largest absolute Gasteiger partial charge is 0.492 e. The summed E-state index contributed by atoms with van der Waals surface area (Å²) in [5.74, 6) is -3.03. The lowest BCUT2D eigenvalue weighted by molar-refractivity contribution is -0.870. The van der Waals surface area contributed by atoms with Crippen LogP contribution in [0.3, 0.4) is 0 Å². The molecule has 48 heavy (non-hydrogen) atoms. The summed E-state index contributed by atoms with van der Waals surface area (Å²) in [5, 5.41) is 19.1. The van der Waals surface area contributed by atoms with Gasteiger partial charge in [0.2, 0.25) is 11.8 Å². The first-order valence-corrected chi connectivity index (χ1v) is 18.8. The Balaban J connectivity index is 2.44. The van der Waals surface area contributed by atoms with Gasteiger partial charge in [-0.25, -0.2) is 9.36 Å². The topological polar surface area (TPSA) is 180 Å². The molecule has 14 nitrogen and oxygen atoms in total. The van der Waals surface area contributed by atoms with Gasteiger partial charge in [-0.3, -0.25) is 18.6 Å². The molecule has 2 atom stereocenters. The minimum atomic E-state index is -4.48. The number of rotatable bonds is 29. The minimum absolute atomic E-state index is 0.000468. The van der Waals surface area contributed by atoms with Gasteiger partial charge in [0, 0.05) is 31.4 Å². The second-order valence-electron chi connectivity index (χ2n) is 13.1. The number of esters is 2. The van der Waals surface area contributed by atoms with Gasteiger partial charge < -0.3 is 33.9 Å². The van der Waals surface area contributed by atoms with E-state index in [9.17, 15) is 34.1 Å². The number of hydrogen-bond acceptors (Lipinski definition) is 11. The van der Waals surface area contributed by atoms with Crippen LogP contribution in [0.2, 0.25) is 0 Å². The number of hydrogen-bond donors (Lipinski definition) is 3. The highest BCUT2D eigenvalue weighted by Crippen LogP contribution is 2.43. The van der Waals surface area contributed by atoms with E-state index in [1.54, 1.807) is 0 Å². The lowest BCUT2D eigenvalue weighted by Crippen LogP contribution is -2.37. The summed E-state index contributed by atoms with van der Waals surface area (Å²) in [6, 6.07) is 2.27. The van der Waals surface area contributed by atoms with Crippen LogP contribution in [-0.2, 0) is 37.5 Å². The zero-order chi connectivity index (χ0) is 35.8. The average molecular weight is 708 g/mol. The molecule has 0 fully saturated rings. The first-order chi connectivity index (χ1) is 22.7. The Morgan fingerprint density at radius 1 is 0.729 bits per heavy atom. The maximum absolute atomic E-state index is 12.5. The Morgan fingerprint density at radius 2 is 1.23 bits per heavy atom. The van der Waals surface area contributed by atoms with Crippen molar-refractivity contribution >= 4 is 25.7 Å². The summed E-state index contributed by atoms with van der Waals surface area (Å²) in [6.45, 7) is 1.66. The van der Waals surface area contributed by atoms with Crippen molar-refractivity contribution in [2.24, 2.45) is 0 Å². The Morgan fingerprint density at radius 3 is 1.77 bits per heavy atom. The van der Waals surface area contributed by atoms with E-state index >= 15 is 0 Å². The monoisotopic (exact) mass is 707 g/mol. The van der Waals surface area contributed by atoms with Crippen LogP contribution in [0.1, 0.15) is 116 Å². The molecule has 0 aliphatic heterocycles. The Bertz CT molecular complexity index is 1090. The van der Waals surface area contributed by atoms with E-state index in [1.165, 1.54) is 57.8 Å². The number of aromatic hydroxyl groups is 2. The van der Waals surface area contributed by atoms with Gasteiger partial charge in [-0.05, 0) is 12.8 Å². The molecule has 0 aliphatic rings. The number of aromatic nitrogens is 1. The van der Waals surface area contributed by atoms with E-state index in [2.05, 4.69) is 6.92 Å². The highest BCUT2D eigenvalue weighted by atomic mass is 31.2. The molecule has 1 rings (SSSR count). The quantitative estimate of drug-likeness (QED) is 0.0395. The Hall–Kier alpha value is -2.64. The molecule has 15 heteroatoms. The number of unbranched alkanes of at least 4 members (excludes halogenated alkanes) is 12. The first kappa shape index (κ1) is 43.4. The van der Waals surface area contributed by atoms with E-state index in [1.807, 2.05) is 21.1 Å². The maximum atomic E-state index is 12.5. The van der Waals surface area contributed by atoms with Gasteiger partial charge in [-0.15, -0.1) is 4.73 Å². The summed E-state index contributed by atoms with van der Waals surface area (Å²) in [5.41, 5.74) is 0. The maximum Gasteiger partial charge on any atom is 0.472 e. The fourth-order valence-corrected chi connectivity index (χ4v) is 5.31. The minimum Gasteiger partial charge on any atom is -0.492 e. The predicted octanol–water partition coefficient (Wildman–Crippen LogP) is 5.80. The third kappa shape index (κ3) is 22.8. The van der Waals surface area contributed by atoms with Crippen molar-refractivity contribution in [1.29, 1.82) is 0 Å². The smallest absolute Gasteiger partial charge is 0.472 e. The van der Waals surface area contributed by atoms with Crippen LogP contribution >= 0.6 is 7.82 Å². The molecule has 0 amide bonds.